The van der Waals surface area contributed by atoms with Gasteiger partial charge in [-0.05, 0) is 95.5 Å². The first-order valence-electron chi connectivity index (χ1n) is 25.5. The number of rotatable bonds is 24. The van der Waals surface area contributed by atoms with Crippen molar-refractivity contribution in [3.8, 4) is 0 Å². The number of hydrogen-bond donors (Lipinski definition) is 9. The number of unbranched alkanes of at least 4 members (excludes halogenated alkanes) is 1. The summed E-state index contributed by atoms with van der Waals surface area (Å²) in [6.07, 6.45) is 5.84. The zero-order chi connectivity index (χ0) is 52.1. The molecular formula is C60H62N10O5. The van der Waals surface area contributed by atoms with Gasteiger partial charge >= 0.3 is 0 Å². The molecule has 6 aromatic carbocycles. The molecule has 0 fully saturated rings. The van der Waals surface area contributed by atoms with Gasteiger partial charge in [-0.2, -0.15) is 0 Å². The summed E-state index contributed by atoms with van der Waals surface area (Å²) in [4.78, 5) is 81.8. The Morgan fingerprint density at radius 2 is 1.12 bits per heavy atom. The van der Waals surface area contributed by atoms with E-state index in [1.54, 1.807) is 6.20 Å². The Kier molecular flexibility index (Phi) is 16.5. The molecule has 5 amide bonds. The van der Waals surface area contributed by atoms with Crippen molar-refractivity contribution < 1.29 is 24.0 Å². The molecule has 9 rings (SSSR count). The number of benzene rings is 6. The highest BCUT2D eigenvalue weighted by atomic mass is 16.2. The number of fused-ring (bicyclic) bond motifs is 4. The normalized spacial score (nSPS) is 13.4. The topological polar surface area (TPSA) is 242 Å². The average molecular weight is 1000 g/mol. The molecule has 1 unspecified atom stereocenters. The Balaban J connectivity index is 0.911. The van der Waals surface area contributed by atoms with Gasteiger partial charge in [0.2, 0.25) is 29.5 Å². The van der Waals surface area contributed by atoms with E-state index in [1.165, 1.54) is 0 Å². The van der Waals surface area contributed by atoms with Crippen LogP contribution in [0.4, 0.5) is 5.82 Å². The van der Waals surface area contributed by atoms with Gasteiger partial charge < -0.3 is 48.0 Å². The summed E-state index contributed by atoms with van der Waals surface area (Å²) in [5.41, 5.74) is 18.4. The quantitative estimate of drug-likeness (QED) is 0.0288. The molecule has 0 saturated heterocycles. The number of carbonyl (C=O) groups is 5. The zero-order valence-corrected chi connectivity index (χ0v) is 41.6. The van der Waals surface area contributed by atoms with Crippen LogP contribution >= 0.6 is 0 Å². The second-order valence-electron chi connectivity index (χ2n) is 19.1. The maximum atomic E-state index is 14.8. The van der Waals surface area contributed by atoms with Gasteiger partial charge in [-0.3, -0.25) is 24.0 Å². The number of H-pyrrole nitrogens is 2. The first-order valence-corrected chi connectivity index (χ1v) is 25.5. The van der Waals surface area contributed by atoms with Crippen LogP contribution in [0, 0.1) is 5.92 Å². The monoisotopic (exact) mass is 1000 g/mol. The van der Waals surface area contributed by atoms with E-state index in [4.69, 9.17) is 11.5 Å². The van der Waals surface area contributed by atoms with Crippen LogP contribution in [0.15, 0.2) is 170 Å². The summed E-state index contributed by atoms with van der Waals surface area (Å²) in [6, 6.07) is 46.1. The standard InChI is InChI=1S/C60H62N10O5/c61-48(33-43-35-64-50-22-10-7-19-46(43)50)58(73)69-53(32-39-25-26-40-16-4-5-18-42(40)31-39)60(75)70-54(34-44-36-65-51-23-11-8-20-47(44)51)59(74)66-37-45(30-38-14-2-1-3-15-38)57(72)68-52(56(62)71)24-12-13-29-63-55-28-27-41-17-6-9-21-49(41)67-55/h1-11,14-23,25-28,31,35-36,45,48,52-54,64-65H,12-13,24,29-30,32-34,37,61H2,(H2,62,71)(H,63,67)(H,66,74)(H,68,72)(H,69,73)(H,70,75)/t45-,48+,52-,53?,54-/m0/s1. The van der Waals surface area contributed by atoms with E-state index in [-0.39, 0.29) is 32.2 Å². The van der Waals surface area contributed by atoms with E-state index in [9.17, 15) is 24.0 Å². The number of carbonyl (C=O) groups excluding carboxylic acids is 5. The summed E-state index contributed by atoms with van der Waals surface area (Å²) in [5.74, 6) is -2.89. The summed E-state index contributed by atoms with van der Waals surface area (Å²) in [5, 5.41) is 20.0. The highest BCUT2D eigenvalue weighted by Crippen LogP contribution is 2.23. The molecule has 75 heavy (non-hydrogen) atoms. The van der Waals surface area contributed by atoms with Crippen LogP contribution in [0.3, 0.4) is 0 Å². The molecular weight excluding hydrogens is 941 g/mol. The van der Waals surface area contributed by atoms with Crippen LogP contribution in [0.25, 0.3) is 43.5 Å². The number of amides is 5. The summed E-state index contributed by atoms with van der Waals surface area (Å²) in [7, 11) is 0. The van der Waals surface area contributed by atoms with Crippen molar-refractivity contribution >= 4 is 78.8 Å². The smallest absolute Gasteiger partial charge is 0.243 e. The van der Waals surface area contributed by atoms with Gasteiger partial charge in [0.05, 0.1) is 17.5 Å². The minimum Gasteiger partial charge on any atom is -0.370 e. The second kappa shape index (κ2) is 24.3. The predicted molar refractivity (Wildman–Crippen MR) is 295 cm³/mol. The van der Waals surface area contributed by atoms with Gasteiger partial charge in [-0.15, -0.1) is 0 Å². The van der Waals surface area contributed by atoms with Crippen molar-refractivity contribution in [2.24, 2.45) is 17.4 Å². The first-order chi connectivity index (χ1) is 36.5. The molecule has 0 aliphatic rings. The molecule has 0 aliphatic heterocycles. The maximum absolute atomic E-state index is 14.8. The average Bonchev–Trinajstić information content (AvgIpc) is 4.04. The molecule has 3 aromatic heterocycles. The third-order valence-corrected chi connectivity index (χ3v) is 13.8. The van der Waals surface area contributed by atoms with E-state index >= 15 is 0 Å². The SMILES string of the molecule is NC(=O)[C@H](CCCCNc1ccc2ccccc2n1)NC(=O)[C@H](CNC(=O)[C@H](Cc1c[nH]c2ccccc12)NC(=O)C(Cc1ccc2ccccc2c1)NC(=O)[C@H](N)Cc1c[nH]c2ccccc12)Cc1ccccc1. The number of hydrogen-bond acceptors (Lipinski definition) is 8. The fraction of sp³-hybridized carbons (Fsp3) is 0.233. The highest BCUT2D eigenvalue weighted by Gasteiger charge is 2.31. The Morgan fingerprint density at radius 3 is 1.85 bits per heavy atom. The van der Waals surface area contributed by atoms with E-state index in [2.05, 4.69) is 41.5 Å². The molecule has 11 N–H and O–H groups in total. The van der Waals surface area contributed by atoms with Crippen molar-refractivity contribution in [1.82, 2.24) is 36.2 Å². The maximum Gasteiger partial charge on any atom is 0.243 e. The van der Waals surface area contributed by atoms with Gasteiger partial charge in [-0.1, -0.05) is 127 Å². The molecule has 0 bridgehead atoms. The number of anilines is 1. The van der Waals surface area contributed by atoms with Crippen molar-refractivity contribution in [1.29, 1.82) is 0 Å². The van der Waals surface area contributed by atoms with Crippen LogP contribution in [-0.4, -0.2) is 81.7 Å². The minimum absolute atomic E-state index is 0.0728. The first kappa shape index (κ1) is 51.1. The van der Waals surface area contributed by atoms with Gasteiger partial charge in [0, 0.05) is 65.5 Å². The number of nitrogens with one attached hydrogen (secondary N) is 7. The summed E-state index contributed by atoms with van der Waals surface area (Å²) >= 11 is 0. The summed E-state index contributed by atoms with van der Waals surface area (Å²) < 4.78 is 0. The third-order valence-electron chi connectivity index (χ3n) is 13.8. The summed E-state index contributed by atoms with van der Waals surface area (Å²) in [6.45, 7) is 0.466. The molecule has 9 aromatic rings. The number of aromatic nitrogens is 3. The fourth-order valence-electron chi connectivity index (χ4n) is 9.65. The molecule has 0 aliphatic carbocycles. The number of pyridine rings is 1. The molecule has 15 nitrogen and oxygen atoms in total. The molecule has 0 radical (unpaired) electrons. The molecule has 0 saturated carbocycles. The van der Waals surface area contributed by atoms with Crippen molar-refractivity contribution in [2.45, 2.75) is 69.1 Å². The molecule has 0 spiro atoms. The van der Waals surface area contributed by atoms with Crippen molar-refractivity contribution in [3.63, 3.8) is 0 Å². The number of aromatic amines is 2. The lowest BCUT2D eigenvalue weighted by Crippen LogP contribution is -2.57. The number of nitrogens with zero attached hydrogens (tertiary/aromatic N) is 1. The van der Waals surface area contributed by atoms with E-state index in [0.29, 0.717) is 25.8 Å². The molecule has 5 atom stereocenters. The number of para-hydroxylation sites is 3. The highest BCUT2D eigenvalue weighted by molar-refractivity contribution is 5.95. The van der Waals surface area contributed by atoms with Crippen LogP contribution < -0.4 is 38.1 Å². The van der Waals surface area contributed by atoms with Crippen LogP contribution in [0.5, 0.6) is 0 Å². The van der Waals surface area contributed by atoms with Gasteiger partial charge in [0.25, 0.3) is 0 Å². The van der Waals surface area contributed by atoms with Crippen LogP contribution in [0.2, 0.25) is 0 Å². The van der Waals surface area contributed by atoms with Gasteiger partial charge in [-0.25, -0.2) is 4.98 Å². The lowest BCUT2D eigenvalue weighted by molar-refractivity contribution is -0.133. The fourth-order valence-corrected chi connectivity index (χ4v) is 9.65. The Bertz CT molecular complexity index is 3450. The molecule has 15 heteroatoms. The molecule has 3 heterocycles. The van der Waals surface area contributed by atoms with E-state index in [1.807, 2.05) is 164 Å². The Hall–Kier alpha value is -8.82. The Labute approximate surface area is 434 Å². The van der Waals surface area contributed by atoms with Crippen molar-refractivity contribution in [2.75, 3.05) is 18.4 Å². The molecule has 382 valence electrons. The van der Waals surface area contributed by atoms with E-state index in [0.717, 1.165) is 71.6 Å². The number of primary amides is 1. The van der Waals surface area contributed by atoms with Crippen molar-refractivity contribution in [3.05, 3.63) is 192 Å². The lowest BCUT2D eigenvalue weighted by Gasteiger charge is -2.26. The lowest BCUT2D eigenvalue weighted by atomic mass is 9.96. The Morgan fingerprint density at radius 1 is 0.520 bits per heavy atom. The minimum atomic E-state index is -1.16. The zero-order valence-electron chi connectivity index (χ0n) is 41.6. The largest absolute Gasteiger partial charge is 0.370 e. The van der Waals surface area contributed by atoms with Gasteiger partial charge in [0.1, 0.15) is 23.9 Å². The van der Waals surface area contributed by atoms with E-state index < -0.39 is 59.6 Å². The van der Waals surface area contributed by atoms with Crippen LogP contribution in [-0.2, 0) is 49.7 Å². The third kappa shape index (κ3) is 13.2. The number of nitrogens with two attached hydrogens (primary N) is 2. The predicted octanol–water partition coefficient (Wildman–Crippen LogP) is 6.90. The second-order valence-corrected chi connectivity index (χ2v) is 19.1. The van der Waals surface area contributed by atoms with Gasteiger partial charge in [0.15, 0.2) is 0 Å². The van der Waals surface area contributed by atoms with Crippen LogP contribution in [0.1, 0.15) is 41.5 Å².